The molecular formula is C18H23ClN2O5S2. The van der Waals surface area contributed by atoms with Crippen molar-refractivity contribution in [2.45, 2.75) is 30.6 Å². The summed E-state index contributed by atoms with van der Waals surface area (Å²) in [5.41, 5.74) is 0.0463. The molecule has 0 saturated carbocycles. The molecule has 0 bridgehead atoms. The third-order valence-corrected chi connectivity index (χ3v) is 7.64. The van der Waals surface area contributed by atoms with Crippen LogP contribution in [0.2, 0.25) is 5.02 Å². The van der Waals surface area contributed by atoms with Crippen molar-refractivity contribution in [3.8, 4) is 5.75 Å². The summed E-state index contributed by atoms with van der Waals surface area (Å²) in [6.45, 7) is 6.12. The zero-order valence-corrected chi connectivity index (χ0v) is 18.2. The number of hydrogen-bond donors (Lipinski definition) is 1. The van der Waals surface area contributed by atoms with E-state index >= 15 is 0 Å². The summed E-state index contributed by atoms with van der Waals surface area (Å²) in [4.78, 5) is -0.0233. The smallest absolute Gasteiger partial charge is 0.262 e. The molecule has 0 aliphatic rings. The molecule has 2 aromatic carbocycles. The second kappa shape index (κ2) is 9.13. The van der Waals surface area contributed by atoms with Crippen molar-refractivity contribution in [3.05, 3.63) is 47.5 Å². The SMILES string of the molecule is CCOc1ccc(S(=O)(=O)N(CC)CC)cc1NS(=O)(=O)c1ccc(Cl)cc1. The molecule has 0 heterocycles. The largest absolute Gasteiger partial charge is 0.492 e. The fraction of sp³-hybridized carbons (Fsp3) is 0.333. The molecule has 0 aliphatic heterocycles. The van der Waals surface area contributed by atoms with E-state index in [1.807, 2.05) is 0 Å². The number of halogens is 1. The van der Waals surface area contributed by atoms with Crippen LogP contribution in [0.5, 0.6) is 5.75 Å². The van der Waals surface area contributed by atoms with Gasteiger partial charge in [-0.3, -0.25) is 4.72 Å². The van der Waals surface area contributed by atoms with Gasteiger partial charge < -0.3 is 4.74 Å². The van der Waals surface area contributed by atoms with Crippen LogP contribution in [-0.2, 0) is 20.0 Å². The van der Waals surface area contributed by atoms with Gasteiger partial charge in [-0.15, -0.1) is 0 Å². The van der Waals surface area contributed by atoms with Crippen molar-refractivity contribution in [2.75, 3.05) is 24.4 Å². The van der Waals surface area contributed by atoms with Crippen molar-refractivity contribution in [1.82, 2.24) is 4.31 Å². The standard InChI is InChI=1S/C18H23ClN2O5S2/c1-4-21(5-2)28(24,25)16-11-12-18(26-6-3)17(13-16)20-27(22,23)15-9-7-14(19)8-10-15/h7-13,20H,4-6H2,1-3H3. The second-order valence-corrected chi connectivity index (χ2v) is 9.80. The Kier molecular flexibility index (Phi) is 7.33. The quantitative estimate of drug-likeness (QED) is 0.635. The van der Waals surface area contributed by atoms with Gasteiger partial charge in [0.25, 0.3) is 10.0 Å². The van der Waals surface area contributed by atoms with Gasteiger partial charge in [0.2, 0.25) is 10.0 Å². The monoisotopic (exact) mass is 446 g/mol. The molecule has 0 radical (unpaired) electrons. The zero-order valence-electron chi connectivity index (χ0n) is 15.8. The summed E-state index contributed by atoms with van der Waals surface area (Å²) < 4.78 is 60.1. The highest BCUT2D eigenvalue weighted by molar-refractivity contribution is 7.92. The highest BCUT2D eigenvalue weighted by atomic mass is 35.5. The van der Waals surface area contributed by atoms with Gasteiger partial charge in [0.1, 0.15) is 5.75 Å². The van der Waals surface area contributed by atoms with Crippen molar-refractivity contribution >= 4 is 37.3 Å². The van der Waals surface area contributed by atoms with Crippen LogP contribution in [0.15, 0.2) is 52.3 Å². The lowest BCUT2D eigenvalue weighted by molar-refractivity contribution is 0.341. The van der Waals surface area contributed by atoms with Gasteiger partial charge in [-0.1, -0.05) is 25.4 Å². The highest BCUT2D eigenvalue weighted by Gasteiger charge is 2.24. The Morgan fingerprint density at radius 2 is 1.50 bits per heavy atom. The summed E-state index contributed by atoms with van der Waals surface area (Å²) in [5.74, 6) is 0.235. The summed E-state index contributed by atoms with van der Waals surface area (Å²) in [7, 11) is -7.72. The summed E-state index contributed by atoms with van der Waals surface area (Å²) in [5, 5.41) is 0.404. The number of anilines is 1. The van der Waals surface area contributed by atoms with Crippen LogP contribution in [0.3, 0.4) is 0 Å². The molecule has 0 aromatic heterocycles. The van der Waals surface area contributed by atoms with Gasteiger partial charge in [-0.25, -0.2) is 16.8 Å². The fourth-order valence-corrected chi connectivity index (χ4v) is 5.23. The first kappa shape index (κ1) is 22.5. The van der Waals surface area contributed by atoms with E-state index in [2.05, 4.69) is 4.72 Å². The van der Waals surface area contributed by atoms with Crippen molar-refractivity contribution in [3.63, 3.8) is 0 Å². The van der Waals surface area contributed by atoms with Crippen LogP contribution in [0.1, 0.15) is 20.8 Å². The normalized spacial score (nSPS) is 12.2. The Balaban J connectivity index is 2.51. The predicted molar refractivity (Wildman–Crippen MR) is 110 cm³/mol. The van der Waals surface area contributed by atoms with Crippen molar-refractivity contribution in [2.24, 2.45) is 0 Å². The molecule has 0 aliphatic carbocycles. The predicted octanol–water partition coefficient (Wildman–Crippen LogP) is 3.57. The Bertz CT molecular complexity index is 1020. The molecular weight excluding hydrogens is 424 g/mol. The first-order valence-electron chi connectivity index (χ1n) is 8.71. The Hall–Kier alpha value is -1.81. The summed E-state index contributed by atoms with van der Waals surface area (Å²) in [6.07, 6.45) is 0. The first-order chi connectivity index (χ1) is 13.2. The van der Waals surface area contributed by atoms with Crippen molar-refractivity contribution in [1.29, 1.82) is 0 Å². The number of ether oxygens (including phenoxy) is 1. The lowest BCUT2D eigenvalue weighted by Crippen LogP contribution is -2.30. The number of benzene rings is 2. The van der Waals surface area contributed by atoms with E-state index < -0.39 is 20.0 Å². The maximum absolute atomic E-state index is 12.8. The topological polar surface area (TPSA) is 92.8 Å². The first-order valence-corrected chi connectivity index (χ1v) is 12.0. The molecule has 154 valence electrons. The van der Waals surface area contributed by atoms with E-state index in [0.29, 0.717) is 18.1 Å². The number of rotatable bonds is 9. The molecule has 28 heavy (non-hydrogen) atoms. The van der Waals surface area contributed by atoms with E-state index in [-0.39, 0.29) is 27.8 Å². The Morgan fingerprint density at radius 3 is 2.04 bits per heavy atom. The Labute approximate surface area is 171 Å². The second-order valence-electron chi connectivity index (χ2n) is 5.74. The lowest BCUT2D eigenvalue weighted by atomic mass is 10.3. The number of nitrogens with zero attached hydrogens (tertiary/aromatic N) is 1. The molecule has 1 N–H and O–H groups in total. The summed E-state index contributed by atoms with van der Waals surface area (Å²) in [6, 6.07) is 9.76. The van der Waals surface area contributed by atoms with Gasteiger partial charge in [-0.2, -0.15) is 4.31 Å². The van der Waals surface area contributed by atoms with Crippen LogP contribution in [0, 0.1) is 0 Å². The van der Waals surface area contributed by atoms with Crippen LogP contribution in [0.25, 0.3) is 0 Å². The summed E-state index contributed by atoms with van der Waals surface area (Å²) >= 11 is 5.81. The van der Waals surface area contributed by atoms with Gasteiger partial charge >= 0.3 is 0 Å². The van der Waals surface area contributed by atoms with Crippen LogP contribution >= 0.6 is 11.6 Å². The van der Waals surface area contributed by atoms with Crippen LogP contribution < -0.4 is 9.46 Å². The molecule has 2 aromatic rings. The molecule has 2 rings (SSSR count). The van der Waals surface area contributed by atoms with Crippen LogP contribution in [-0.4, -0.2) is 40.8 Å². The van der Waals surface area contributed by atoms with E-state index in [1.165, 1.54) is 46.8 Å². The number of sulfonamides is 2. The average molecular weight is 447 g/mol. The minimum atomic E-state index is -3.96. The molecule has 0 amide bonds. The van der Waals surface area contributed by atoms with E-state index in [9.17, 15) is 16.8 Å². The fourth-order valence-electron chi connectivity index (χ4n) is 2.56. The molecule has 0 unspecified atom stereocenters. The molecule has 10 heteroatoms. The minimum Gasteiger partial charge on any atom is -0.492 e. The van der Waals surface area contributed by atoms with Crippen LogP contribution in [0.4, 0.5) is 5.69 Å². The number of hydrogen-bond acceptors (Lipinski definition) is 5. The van der Waals surface area contributed by atoms with Gasteiger partial charge in [0.05, 0.1) is 22.1 Å². The molecule has 7 nitrogen and oxygen atoms in total. The lowest BCUT2D eigenvalue weighted by Gasteiger charge is -2.20. The Morgan fingerprint density at radius 1 is 0.929 bits per heavy atom. The molecule has 0 spiro atoms. The van der Waals surface area contributed by atoms with Gasteiger partial charge in [-0.05, 0) is 49.4 Å². The van der Waals surface area contributed by atoms with Crippen molar-refractivity contribution < 1.29 is 21.6 Å². The van der Waals surface area contributed by atoms with E-state index in [4.69, 9.17) is 16.3 Å². The van der Waals surface area contributed by atoms with Gasteiger partial charge in [0.15, 0.2) is 0 Å². The molecule has 0 fully saturated rings. The minimum absolute atomic E-state index is 0.00338. The maximum atomic E-state index is 12.8. The molecule has 0 atom stereocenters. The van der Waals surface area contributed by atoms with E-state index in [0.717, 1.165) is 0 Å². The van der Waals surface area contributed by atoms with E-state index in [1.54, 1.807) is 20.8 Å². The molecule has 0 saturated heterocycles. The third kappa shape index (κ3) is 4.96. The van der Waals surface area contributed by atoms with Gasteiger partial charge in [0, 0.05) is 18.1 Å². The average Bonchev–Trinajstić information content (AvgIpc) is 2.64. The highest BCUT2D eigenvalue weighted by Crippen LogP contribution is 2.31. The zero-order chi connectivity index (χ0) is 20.9. The maximum Gasteiger partial charge on any atom is 0.262 e. The third-order valence-electron chi connectivity index (χ3n) is 3.96. The number of nitrogens with one attached hydrogen (secondary N) is 1.